The molecule has 0 aliphatic rings. The van der Waals surface area contributed by atoms with Gasteiger partial charge in [0, 0.05) is 16.2 Å². The van der Waals surface area contributed by atoms with Crippen LogP contribution >= 0.6 is 27.5 Å². The molecule has 2 aromatic carbocycles. The lowest BCUT2D eigenvalue weighted by molar-refractivity contribution is 0.102. The second-order valence-electron chi connectivity index (χ2n) is 3.90. The molecule has 0 bridgehead atoms. The summed E-state index contributed by atoms with van der Waals surface area (Å²) in [7, 11) is 0. The van der Waals surface area contributed by atoms with E-state index in [1.807, 2.05) is 0 Å². The molecule has 0 spiro atoms. The average molecular weight is 362 g/mol. The molecular weight excluding hydrogens is 354 g/mol. The van der Waals surface area contributed by atoms with Gasteiger partial charge in [-0.2, -0.15) is 0 Å². The van der Waals surface area contributed by atoms with Gasteiger partial charge in [0.15, 0.2) is 5.82 Å². The van der Waals surface area contributed by atoms with E-state index < -0.39 is 17.5 Å². The van der Waals surface area contributed by atoms with Gasteiger partial charge in [-0.25, -0.2) is 8.78 Å². The van der Waals surface area contributed by atoms with Crippen LogP contribution in [0, 0.1) is 11.6 Å². The van der Waals surface area contributed by atoms with E-state index in [9.17, 15) is 13.6 Å². The monoisotopic (exact) mass is 360 g/mol. The minimum absolute atomic E-state index is 0.0322. The van der Waals surface area contributed by atoms with Gasteiger partial charge in [-0.3, -0.25) is 4.79 Å². The first-order chi connectivity index (χ1) is 9.40. The quantitative estimate of drug-likeness (QED) is 0.787. The second kappa shape index (κ2) is 5.76. The number of carbonyl (C=O) groups is 1. The van der Waals surface area contributed by atoms with E-state index in [1.54, 1.807) is 6.07 Å². The topological polar surface area (TPSA) is 55.1 Å². The van der Waals surface area contributed by atoms with Crippen LogP contribution in [-0.4, -0.2) is 5.91 Å². The van der Waals surface area contributed by atoms with Crippen LogP contribution in [0.25, 0.3) is 0 Å². The second-order valence-corrected chi connectivity index (χ2v) is 5.16. The number of rotatable bonds is 2. The molecule has 7 heteroatoms. The van der Waals surface area contributed by atoms with Crippen molar-refractivity contribution in [2.24, 2.45) is 0 Å². The summed E-state index contributed by atoms with van der Waals surface area (Å²) in [5, 5.41) is 2.45. The summed E-state index contributed by atoms with van der Waals surface area (Å²) in [5.41, 5.74) is 5.67. The Labute approximate surface area is 126 Å². The first kappa shape index (κ1) is 14.7. The highest BCUT2D eigenvalue weighted by atomic mass is 79.9. The molecule has 0 atom stereocenters. The molecule has 2 rings (SSSR count). The van der Waals surface area contributed by atoms with Crippen LogP contribution in [0.1, 0.15) is 10.4 Å². The molecule has 2 aromatic rings. The molecule has 0 saturated carbocycles. The largest absolute Gasteiger partial charge is 0.398 e. The van der Waals surface area contributed by atoms with Crippen molar-refractivity contribution in [3.63, 3.8) is 0 Å². The van der Waals surface area contributed by atoms with Crippen LogP contribution in [-0.2, 0) is 0 Å². The Morgan fingerprint density at radius 2 is 2.00 bits per heavy atom. The molecule has 1 amide bonds. The van der Waals surface area contributed by atoms with Crippen molar-refractivity contribution in [3.05, 3.63) is 57.0 Å². The van der Waals surface area contributed by atoms with E-state index >= 15 is 0 Å². The lowest BCUT2D eigenvalue weighted by Crippen LogP contribution is -2.16. The Kier molecular flexibility index (Phi) is 4.25. The normalized spacial score (nSPS) is 10.4. The molecule has 20 heavy (non-hydrogen) atoms. The number of nitrogens with one attached hydrogen (secondary N) is 1. The van der Waals surface area contributed by atoms with Crippen molar-refractivity contribution in [3.8, 4) is 0 Å². The van der Waals surface area contributed by atoms with Gasteiger partial charge in [0.2, 0.25) is 0 Å². The van der Waals surface area contributed by atoms with Crippen LogP contribution in [0.2, 0.25) is 5.02 Å². The molecule has 0 aromatic heterocycles. The summed E-state index contributed by atoms with van der Waals surface area (Å²) in [6, 6.07) is 6.27. The molecule has 104 valence electrons. The molecular formula is C13H8BrClF2N2O. The van der Waals surface area contributed by atoms with Gasteiger partial charge in [-0.05, 0) is 34.1 Å². The number of benzene rings is 2. The first-order valence-electron chi connectivity index (χ1n) is 5.40. The predicted octanol–water partition coefficient (Wildman–Crippen LogP) is 4.22. The summed E-state index contributed by atoms with van der Waals surface area (Å²) >= 11 is 8.87. The Morgan fingerprint density at radius 3 is 2.60 bits per heavy atom. The van der Waals surface area contributed by atoms with Gasteiger partial charge in [0.1, 0.15) is 5.82 Å². The predicted molar refractivity (Wildman–Crippen MR) is 77.9 cm³/mol. The van der Waals surface area contributed by atoms with Crippen LogP contribution in [0.4, 0.5) is 20.2 Å². The molecule has 0 heterocycles. The maximum absolute atomic E-state index is 13.6. The summed E-state index contributed by atoms with van der Waals surface area (Å²) < 4.78 is 26.7. The summed E-state index contributed by atoms with van der Waals surface area (Å²) in [6.45, 7) is 0. The Morgan fingerprint density at radius 1 is 1.30 bits per heavy atom. The lowest BCUT2D eigenvalue weighted by Gasteiger charge is -2.11. The van der Waals surface area contributed by atoms with Crippen molar-refractivity contribution in [2.75, 3.05) is 11.1 Å². The van der Waals surface area contributed by atoms with E-state index in [0.29, 0.717) is 6.07 Å². The van der Waals surface area contributed by atoms with E-state index in [1.165, 1.54) is 12.1 Å². The van der Waals surface area contributed by atoms with E-state index in [2.05, 4.69) is 21.2 Å². The van der Waals surface area contributed by atoms with Crippen LogP contribution < -0.4 is 11.1 Å². The van der Waals surface area contributed by atoms with Crippen molar-refractivity contribution in [1.82, 2.24) is 0 Å². The maximum atomic E-state index is 13.6. The Hall–Kier alpha value is -1.66. The standard InChI is InChI=1S/C13H8BrClF2N2O/c14-7-4-6(16)5-9(17)12(7)19-13(20)11-8(15)2-1-3-10(11)18/h1-5H,18H2,(H,19,20). The van der Waals surface area contributed by atoms with Gasteiger partial charge in [0.05, 0.1) is 16.3 Å². The smallest absolute Gasteiger partial charge is 0.259 e. The van der Waals surface area contributed by atoms with Crippen LogP contribution in [0.5, 0.6) is 0 Å². The maximum Gasteiger partial charge on any atom is 0.259 e. The molecule has 3 nitrogen and oxygen atoms in total. The number of nitrogen functional groups attached to an aromatic ring is 1. The summed E-state index contributed by atoms with van der Waals surface area (Å²) in [4.78, 5) is 12.1. The molecule has 0 fully saturated rings. The minimum Gasteiger partial charge on any atom is -0.398 e. The van der Waals surface area contributed by atoms with Crippen LogP contribution in [0.3, 0.4) is 0 Å². The zero-order valence-electron chi connectivity index (χ0n) is 9.88. The number of hydrogen-bond donors (Lipinski definition) is 2. The lowest BCUT2D eigenvalue weighted by atomic mass is 10.1. The Bertz CT molecular complexity index is 651. The fourth-order valence-electron chi connectivity index (χ4n) is 1.62. The van der Waals surface area contributed by atoms with Gasteiger partial charge in [0.25, 0.3) is 5.91 Å². The highest BCUT2D eigenvalue weighted by Gasteiger charge is 2.18. The molecule has 0 unspecified atom stereocenters. The SMILES string of the molecule is Nc1cccc(Cl)c1C(=O)Nc1c(F)cc(F)cc1Br. The first-order valence-corrected chi connectivity index (χ1v) is 6.57. The van der Waals surface area contributed by atoms with Gasteiger partial charge >= 0.3 is 0 Å². The van der Waals surface area contributed by atoms with Crippen molar-refractivity contribution < 1.29 is 13.6 Å². The minimum atomic E-state index is -0.907. The molecule has 0 saturated heterocycles. The van der Waals surface area contributed by atoms with Crippen molar-refractivity contribution >= 4 is 44.8 Å². The third kappa shape index (κ3) is 2.91. The van der Waals surface area contributed by atoms with Gasteiger partial charge in [-0.1, -0.05) is 17.7 Å². The number of carbonyl (C=O) groups excluding carboxylic acids is 1. The van der Waals surface area contributed by atoms with E-state index in [0.717, 1.165) is 6.07 Å². The Balaban J connectivity index is 2.38. The number of anilines is 2. The third-order valence-corrected chi connectivity index (χ3v) is 3.46. The van der Waals surface area contributed by atoms with Gasteiger partial charge < -0.3 is 11.1 Å². The highest BCUT2D eigenvalue weighted by molar-refractivity contribution is 9.10. The number of nitrogens with two attached hydrogens (primary N) is 1. The fraction of sp³-hybridized carbons (Fsp3) is 0. The molecule has 0 aliphatic heterocycles. The zero-order chi connectivity index (χ0) is 14.9. The van der Waals surface area contributed by atoms with E-state index in [-0.39, 0.29) is 26.4 Å². The molecule has 0 radical (unpaired) electrons. The molecule has 3 N–H and O–H groups in total. The van der Waals surface area contributed by atoms with Crippen molar-refractivity contribution in [1.29, 1.82) is 0 Å². The number of halogens is 4. The third-order valence-electron chi connectivity index (χ3n) is 2.52. The van der Waals surface area contributed by atoms with Gasteiger partial charge in [-0.15, -0.1) is 0 Å². The van der Waals surface area contributed by atoms with Crippen molar-refractivity contribution in [2.45, 2.75) is 0 Å². The number of amides is 1. The highest BCUT2D eigenvalue weighted by Crippen LogP contribution is 2.29. The molecule has 0 aliphatic carbocycles. The number of hydrogen-bond acceptors (Lipinski definition) is 2. The zero-order valence-corrected chi connectivity index (χ0v) is 12.2. The fourth-order valence-corrected chi connectivity index (χ4v) is 2.39. The van der Waals surface area contributed by atoms with Crippen LogP contribution in [0.15, 0.2) is 34.8 Å². The summed E-state index contributed by atoms with van der Waals surface area (Å²) in [5.74, 6) is -2.35. The summed E-state index contributed by atoms with van der Waals surface area (Å²) in [6.07, 6.45) is 0. The average Bonchev–Trinajstić information content (AvgIpc) is 2.33. The van der Waals surface area contributed by atoms with E-state index in [4.69, 9.17) is 17.3 Å².